The van der Waals surface area contributed by atoms with E-state index in [2.05, 4.69) is 23.8 Å². The van der Waals surface area contributed by atoms with Gasteiger partial charge in [0, 0.05) is 0 Å². The molecule has 146 valence electrons. The minimum absolute atomic E-state index is 0.518. The van der Waals surface area contributed by atoms with Crippen molar-refractivity contribution in [2.24, 2.45) is 0 Å². The molecule has 10 heteroatoms. The number of ether oxygens (including phenoxy) is 2. The van der Waals surface area contributed by atoms with Crippen molar-refractivity contribution in [3.8, 4) is 0 Å². The molecular formula is C18H14O2Se8. The third-order valence-electron chi connectivity index (χ3n) is 4.35. The Labute approximate surface area is 215 Å². The summed E-state index contributed by atoms with van der Waals surface area (Å²) in [5, 5.41) is 0. The summed E-state index contributed by atoms with van der Waals surface area (Å²) in [6, 6.07) is 0. The summed E-state index contributed by atoms with van der Waals surface area (Å²) in [7, 11) is 0. The molecule has 0 spiro atoms. The van der Waals surface area contributed by atoms with E-state index < -0.39 is 0 Å². The average molecular weight is 894 g/mol. The number of rotatable bonds is 3. The third-order valence-corrected chi connectivity index (χ3v) is 36.6. The monoisotopic (exact) mass is 901 g/mol. The van der Waals surface area contributed by atoms with Crippen LogP contribution in [0.5, 0.6) is 0 Å². The van der Waals surface area contributed by atoms with Gasteiger partial charge in [0.2, 0.25) is 0 Å². The third kappa shape index (κ3) is 4.34. The quantitative estimate of drug-likeness (QED) is 0.292. The van der Waals surface area contributed by atoms with Gasteiger partial charge in [0.05, 0.1) is 0 Å². The number of hydrogen-bond acceptors (Lipinski definition) is 2. The van der Waals surface area contributed by atoms with Crippen LogP contribution in [0.3, 0.4) is 0 Å². The summed E-state index contributed by atoms with van der Waals surface area (Å²) >= 11 is 5.07. The first-order valence-corrected chi connectivity index (χ1v) is 22.6. The van der Waals surface area contributed by atoms with Gasteiger partial charge in [-0.1, -0.05) is 0 Å². The fraction of sp³-hybridized carbons (Fsp3) is 0.333. The average Bonchev–Trinajstić information content (AvgIpc) is 3.52. The van der Waals surface area contributed by atoms with Crippen molar-refractivity contribution in [3.05, 3.63) is 50.3 Å². The molecule has 6 aliphatic heterocycles. The van der Waals surface area contributed by atoms with E-state index in [9.17, 15) is 0 Å². The Kier molecular flexibility index (Phi) is 6.55. The van der Waals surface area contributed by atoms with E-state index in [4.69, 9.17) is 9.47 Å². The van der Waals surface area contributed by atoms with Gasteiger partial charge >= 0.3 is 219 Å². The van der Waals surface area contributed by atoms with Crippen molar-refractivity contribution in [1.82, 2.24) is 0 Å². The van der Waals surface area contributed by atoms with Crippen LogP contribution in [0.15, 0.2) is 50.3 Å². The number of epoxide rings is 2. The van der Waals surface area contributed by atoms with E-state index in [0.29, 0.717) is 132 Å². The minimum atomic E-state index is 0.518. The summed E-state index contributed by atoms with van der Waals surface area (Å²) in [5.74, 6) is 0. The molecule has 0 aromatic carbocycles. The van der Waals surface area contributed by atoms with Gasteiger partial charge in [-0.2, -0.15) is 0 Å². The molecule has 2 atom stereocenters. The Morgan fingerprint density at radius 3 is 1.46 bits per heavy atom. The van der Waals surface area contributed by atoms with Crippen molar-refractivity contribution < 1.29 is 9.47 Å². The molecule has 0 aromatic heterocycles. The summed E-state index contributed by atoms with van der Waals surface area (Å²) in [5.41, 5.74) is 0. The van der Waals surface area contributed by atoms with Crippen LogP contribution in [-0.4, -0.2) is 145 Å². The first-order chi connectivity index (χ1) is 13.7. The Balaban J connectivity index is 1.17. The van der Waals surface area contributed by atoms with E-state index in [1.807, 2.05) is 22.4 Å². The molecule has 0 radical (unpaired) electrons. The zero-order chi connectivity index (χ0) is 18.8. The molecule has 6 heterocycles. The van der Waals surface area contributed by atoms with Crippen LogP contribution >= 0.6 is 0 Å². The van der Waals surface area contributed by atoms with Gasteiger partial charge in [0.1, 0.15) is 0 Å². The second-order valence-electron chi connectivity index (χ2n) is 6.45. The number of allylic oxidation sites excluding steroid dienone is 4. The first-order valence-electron chi connectivity index (χ1n) is 8.60. The summed E-state index contributed by atoms with van der Waals surface area (Å²) < 4.78 is 29.2. The van der Waals surface area contributed by atoms with Crippen molar-refractivity contribution in [3.63, 3.8) is 0 Å². The van der Waals surface area contributed by atoms with Gasteiger partial charge in [-0.15, -0.1) is 0 Å². The van der Waals surface area contributed by atoms with Crippen LogP contribution in [0.25, 0.3) is 0 Å². The van der Waals surface area contributed by atoms with Gasteiger partial charge in [0.25, 0.3) is 0 Å². The fourth-order valence-electron chi connectivity index (χ4n) is 2.74. The predicted octanol–water partition coefficient (Wildman–Crippen LogP) is -0.129. The molecule has 2 nitrogen and oxygen atoms in total. The normalized spacial score (nSPS) is 37.4. The van der Waals surface area contributed by atoms with E-state index >= 15 is 0 Å². The van der Waals surface area contributed by atoms with E-state index in [1.165, 1.54) is 0 Å². The van der Waals surface area contributed by atoms with Gasteiger partial charge in [-0.05, 0) is 0 Å². The molecule has 2 saturated heterocycles. The molecule has 2 fully saturated rings. The topological polar surface area (TPSA) is 25.1 Å². The maximum atomic E-state index is 5.55. The summed E-state index contributed by atoms with van der Waals surface area (Å²) in [4.78, 5) is 5.11. The first kappa shape index (κ1) is 21.1. The molecule has 6 aliphatic rings. The van der Waals surface area contributed by atoms with Gasteiger partial charge in [0.15, 0.2) is 0 Å². The Bertz CT molecular complexity index is 884. The molecule has 0 bridgehead atoms. The molecule has 0 aliphatic carbocycles. The molecule has 2 unspecified atom stereocenters. The summed E-state index contributed by atoms with van der Waals surface area (Å²) in [6.45, 7) is 6.90. The van der Waals surface area contributed by atoms with E-state index in [1.54, 1.807) is 17.9 Å². The van der Waals surface area contributed by atoms with Gasteiger partial charge < -0.3 is 0 Å². The van der Waals surface area contributed by atoms with Crippen molar-refractivity contribution >= 4 is 120 Å². The zero-order valence-electron chi connectivity index (χ0n) is 14.8. The van der Waals surface area contributed by atoms with Crippen LogP contribution < -0.4 is 0 Å². The fourth-order valence-corrected chi connectivity index (χ4v) is 35.4. The summed E-state index contributed by atoms with van der Waals surface area (Å²) in [6.07, 6.45) is 1.04. The molecular weight excluding hydrogens is 880 g/mol. The molecule has 6 rings (SSSR count). The standard InChI is InChI=1S/C18H14O2Se8/c1-7-13(27-17(23-7)15-21-5-11(25-15)9-3-19-9)14-8(2)24-18(28-14)16-22-6-12(26-16)10-4-20-10/h5-6,9-10H,3-4H2,1-2H3/b17-15+,18-16+. The molecule has 0 N–H and O–H groups in total. The second-order valence-corrected chi connectivity index (χ2v) is 29.4. The molecule has 0 saturated carbocycles. The number of hydrogen-bond donors (Lipinski definition) is 0. The van der Waals surface area contributed by atoms with Gasteiger partial charge in [-0.25, -0.2) is 0 Å². The van der Waals surface area contributed by atoms with Gasteiger partial charge in [-0.3, -0.25) is 0 Å². The van der Waals surface area contributed by atoms with Crippen LogP contribution in [0.4, 0.5) is 0 Å². The van der Waals surface area contributed by atoms with Crippen LogP contribution in [0.2, 0.25) is 0 Å². The molecule has 28 heavy (non-hydrogen) atoms. The SMILES string of the molecule is CC1=C(C2=C(C)[Se]/C(=C3/[Se]C=C(C4CO4)[Se]3)[Se]2)[Se]/C(=C2\[Se]C=C(C3CO3)[Se]2)[Se]1. The molecule has 0 amide bonds. The van der Waals surface area contributed by atoms with Crippen LogP contribution in [0, 0.1) is 0 Å². The molecule has 0 aromatic rings. The Morgan fingerprint density at radius 1 is 0.643 bits per heavy atom. The van der Waals surface area contributed by atoms with Crippen LogP contribution in [0.1, 0.15) is 13.8 Å². The maximum absolute atomic E-state index is 5.55. The van der Waals surface area contributed by atoms with E-state index in [-0.39, 0.29) is 0 Å². The van der Waals surface area contributed by atoms with Crippen LogP contribution in [-0.2, 0) is 9.47 Å². The van der Waals surface area contributed by atoms with Crippen molar-refractivity contribution in [2.45, 2.75) is 26.1 Å². The predicted molar refractivity (Wildman–Crippen MR) is 121 cm³/mol. The van der Waals surface area contributed by atoms with E-state index in [0.717, 1.165) is 13.2 Å². The van der Waals surface area contributed by atoms with Crippen molar-refractivity contribution in [1.29, 1.82) is 0 Å². The Morgan fingerprint density at radius 2 is 1.07 bits per heavy atom. The Hall–Kier alpha value is 2.52. The second kappa shape index (κ2) is 8.70. The van der Waals surface area contributed by atoms with Crippen molar-refractivity contribution in [2.75, 3.05) is 13.2 Å². The zero-order valence-corrected chi connectivity index (χ0v) is 28.5.